The molecule has 0 aliphatic heterocycles. The van der Waals surface area contributed by atoms with E-state index in [1.54, 1.807) is 0 Å². The Morgan fingerprint density at radius 2 is 2.18 bits per heavy atom. The van der Waals surface area contributed by atoms with E-state index in [-0.39, 0.29) is 0 Å². The standard InChI is InChI=1S/C19H24N2O/c1-2-17(21-12-11-20-14-21)6-4-3-5-15-7-9-18-16(13-15)8-10-19(18)22/h7,9,11-14,17H,2-6,8,10H2,1H3. The van der Waals surface area contributed by atoms with Gasteiger partial charge in [-0.3, -0.25) is 4.79 Å². The predicted octanol–water partition coefficient (Wildman–Crippen LogP) is 4.38. The molecule has 1 aliphatic carbocycles. The van der Waals surface area contributed by atoms with Crippen molar-refractivity contribution in [3.8, 4) is 0 Å². The Labute approximate surface area is 132 Å². The normalized spacial score (nSPS) is 15.0. The number of carbonyl (C=O) groups is 1. The van der Waals surface area contributed by atoms with Gasteiger partial charge in [-0.25, -0.2) is 4.98 Å². The van der Waals surface area contributed by atoms with E-state index in [2.05, 4.69) is 34.8 Å². The largest absolute Gasteiger partial charge is 0.334 e. The number of aryl methyl sites for hydroxylation is 2. The second-order valence-corrected chi connectivity index (χ2v) is 6.23. The second kappa shape index (κ2) is 6.91. The van der Waals surface area contributed by atoms with E-state index in [1.165, 1.54) is 30.4 Å². The van der Waals surface area contributed by atoms with Crippen LogP contribution in [-0.2, 0) is 12.8 Å². The molecule has 0 N–H and O–H groups in total. The van der Waals surface area contributed by atoms with E-state index in [9.17, 15) is 4.79 Å². The summed E-state index contributed by atoms with van der Waals surface area (Å²) in [5.41, 5.74) is 3.59. The van der Waals surface area contributed by atoms with Crippen LogP contribution in [0.1, 0.15) is 66.6 Å². The number of hydrogen-bond acceptors (Lipinski definition) is 2. The van der Waals surface area contributed by atoms with Crippen LogP contribution in [0.15, 0.2) is 36.9 Å². The average molecular weight is 296 g/mol. The van der Waals surface area contributed by atoms with E-state index in [0.29, 0.717) is 18.2 Å². The molecule has 1 unspecified atom stereocenters. The molecule has 3 rings (SSSR count). The third kappa shape index (κ3) is 3.29. The lowest BCUT2D eigenvalue weighted by Gasteiger charge is -2.16. The molecule has 1 atom stereocenters. The molecular weight excluding hydrogens is 272 g/mol. The fourth-order valence-corrected chi connectivity index (χ4v) is 3.42. The number of imidazole rings is 1. The highest BCUT2D eigenvalue weighted by atomic mass is 16.1. The number of benzene rings is 1. The van der Waals surface area contributed by atoms with Crippen LogP contribution >= 0.6 is 0 Å². The molecule has 3 heteroatoms. The van der Waals surface area contributed by atoms with E-state index >= 15 is 0 Å². The summed E-state index contributed by atoms with van der Waals surface area (Å²) in [6.07, 6.45) is 13.4. The fraction of sp³-hybridized carbons (Fsp3) is 0.474. The van der Waals surface area contributed by atoms with Crippen molar-refractivity contribution >= 4 is 5.78 Å². The maximum absolute atomic E-state index is 11.7. The van der Waals surface area contributed by atoms with Crippen LogP contribution in [0.2, 0.25) is 0 Å². The SMILES string of the molecule is CCC(CCCCc1ccc2c(c1)CCC2=O)n1ccnc1. The molecule has 22 heavy (non-hydrogen) atoms. The molecule has 2 aromatic rings. The van der Waals surface area contributed by atoms with Crippen molar-refractivity contribution in [2.45, 2.75) is 57.9 Å². The zero-order valence-corrected chi connectivity index (χ0v) is 13.3. The number of aromatic nitrogens is 2. The van der Waals surface area contributed by atoms with Gasteiger partial charge in [0, 0.05) is 30.4 Å². The van der Waals surface area contributed by atoms with Crippen LogP contribution in [-0.4, -0.2) is 15.3 Å². The molecule has 1 aliphatic rings. The van der Waals surface area contributed by atoms with Crippen molar-refractivity contribution in [3.05, 3.63) is 53.6 Å². The molecule has 0 amide bonds. The first-order valence-corrected chi connectivity index (χ1v) is 8.40. The van der Waals surface area contributed by atoms with Gasteiger partial charge < -0.3 is 4.57 Å². The molecule has 1 aromatic heterocycles. The molecule has 3 nitrogen and oxygen atoms in total. The van der Waals surface area contributed by atoms with Crippen molar-refractivity contribution < 1.29 is 4.79 Å². The summed E-state index contributed by atoms with van der Waals surface area (Å²) in [5, 5.41) is 0. The highest BCUT2D eigenvalue weighted by Gasteiger charge is 2.18. The fourth-order valence-electron chi connectivity index (χ4n) is 3.42. The van der Waals surface area contributed by atoms with Gasteiger partial charge in [0.2, 0.25) is 0 Å². The highest BCUT2D eigenvalue weighted by Crippen LogP contribution is 2.24. The summed E-state index contributed by atoms with van der Waals surface area (Å²) in [6, 6.07) is 6.98. The first-order chi connectivity index (χ1) is 10.8. The smallest absolute Gasteiger partial charge is 0.163 e. The Balaban J connectivity index is 1.48. The first-order valence-electron chi connectivity index (χ1n) is 8.40. The number of rotatable bonds is 7. The number of ketones is 1. The van der Waals surface area contributed by atoms with E-state index in [0.717, 1.165) is 24.8 Å². The Morgan fingerprint density at radius 1 is 1.27 bits per heavy atom. The molecule has 0 saturated heterocycles. The van der Waals surface area contributed by atoms with Crippen molar-refractivity contribution in [1.29, 1.82) is 0 Å². The molecule has 116 valence electrons. The summed E-state index contributed by atoms with van der Waals surface area (Å²) < 4.78 is 2.22. The average Bonchev–Trinajstić information content (AvgIpc) is 3.18. The van der Waals surface area contributed by atoms with Gasteiger partial charge in [0.15, 0.2) is 5.78 Å². The Hall–Kier alpha value is -1.90. The summed E-state index contributed by atoms with van der Waals surface area (Å²) in [4.78, 5) is 15.8. The van der Waals surface area contributed by atoms with Gasteiger partial charge in [-0.05, 0) is 43.2 Å². The van der Waals surface area contributed by atoms with E-state index < -0.39 is 0 Å². The number of hydrogen-bond donors (Lipinski definition) is 0. The van der Waals surface area contributed by atoms with Gasteiger partial charge in [0.1, 0.15) is 0 Å². The molecule has 1 aromatic carbocycles. The van der Waals surface area contributed by atoms with Gasteiger partial charge >= 0.3 is 0 Å². The van der Waals surface area contributed by atoms with Crippen LogP contribution in [0.5, 0.6) is 0 Å². The molecule has 0 fully saturated rings. The molecule has 0 saturated carbocycles. The van der Waals surface area contributed by atoms with Crippen molar-refractivity contribution in [3.63, 3.8) is 0 Å². The topological polar surface area (TPSA) is 34.9 Å². The van der Waals surface area contributed by atoms with Crippen molar-refractivity contribution in [1.82, 2.24) is 9.55 Å². The van der Waals surface area contributed by atoms with E-state index in [4.69, 9.17) is 0 Å². The van der Waals surface area contributed by atoms with Crippen LogP contribution in [0.3, 0.4) is 0 Å². The minimum Gasteiger partial charge on any atom is -0.334 e. The maximum atomic E-state index is 11.7. The maximum Gasteiger partial charge on any atom is 0.163 e. The van der Waals surface area contributed by atoms with Crippen LogP contribution in [0, 0.1) is 0 Å². The van der Waals surface area contributed by atoms with Gasteiger partial charge in [0.05, 0.1) is 6.33 Å². The lowest BCUT2D eigenvalue weighted by Crippen LogP contribution is -2.05. The Morgan fingerprint density at radius 3 is 2.95 bits per heavy atom. The van der Waals surface area contributed by atoms with Gasteiger partial charge in [-0.15, -0.1) is 0 Å². The van der Waals surface area contributed by atoms with Crippen molar-refractivity contribution in [2.24, 2.45) is 0 Å². The minimum atomic E-state index is 0.313. The lowest BCUT2D eigenvalue weighted by atomic mass is 10.00. The van der Waals surface area contributed by atoms with Crippen LogP contribution in [0.25, 0.3) is 0 Å². The van der Waals surface area contributed by atoms with Gasteiger partial charge in [-0.1, -0.05) is 31.5 Å². The van der Waals surface area contributed by atoms with E-state index in [1.807, 2.05) is 18.6 Å². The minimum absolute atomic E-state index is 0.313. The third-order valence-electron chi connectivity index (χ3n) is 4.76. The lowest BCUT2D eigenvalue weighted by molar-refractivity contribution is 0.0994. The summed E-state index contributed by atoms with van der Waals surface area (Å²) in [5.74, 6) is 0.313. The zero-order chi connectivity index (χ0) is 15.4. The summed E-state index contributed by atoms with van der Waals surface area (Å²) >= 11 is 0. The molecule has 0 spiro atoms. The van der Waals surface area contributed by atoms with Crippen molar-refractivity contribution in [2.75, 3.05) is 0 Å². The third-order valence-corrected chi connectivity index (χ3v) is 4.76. The first kappa shape index (κ1) is 15.0. The predicted molar refractivity (Wildman–Crippen MR) is 88.2 cm³/mol. The number of carbonyl (C=O) groups excluding carboxylic acids is 1. The highest BCUT2D eigenvalue weighted by molar-refractivity contribution is 6.00. The molecule has 0 bridgehead atoms. The Bertz CT molecular complexity index is 631. The Kier molecular flexibility index (Phi) is 4.71. The quantitative estimate of drug-likeness (QED) is 0.711. The monoisotopic (exact) mass is 296 g/mol. The second-order valence-electron chi connectivity index (χ2n) is 6.23. The van der Waals surface area contributed by atoms with Crippen LogP contribution < -0.4 is 0 Å². The number of nitrogens with zero attached hydrogens (tertiary/aromatic N) is 2. The molecule has 1 heterocycles. The number of fused-ring (bicyclic) bond motifs is 1. The van der Waals surface area contributed by atoms with Gasteiger partial charge in [0.25, 0.3) is 0 Å². The number of Topliss-reactive ketones (excluding diaryl/α,β-unsaturated/α-hetero) is 1. The van der Waals surface area contributed by atoms with Gasteiger partial charge in [-0.2, -0.15) is 0 Å². The molecule has 0 radical (unpaired) electrons. The zero-order valence-electron chi connectivity index (χ0n) is 13.3. The summed E-state index contributed by atoms with van der Waals surface area (Å²) in [7, 11) is 0. The molecular formula is C19H24N2O. The van der Waals surface area contributed by atoms with Crippen LogP contribution in [0.4, 0.5) is 0 Å². The summed E-state index contributed by atoms with van der Waals surface area (Å²) in [6.45, 7) is 2.24. The number of unbranched alkanes of at least 4 members (excludes halogenated alkanes) is 1.